The first kappa shape index (κ1) is 7.98. The van der Waals surface area contributed by atoms with Crippen molar-refractivity contribution in [2.24, 2.45) is 11.7 Å². The summed E-state index contributed by atoms with van der Waals surface area (Å²) in [5.74, 6) is 0.388. The fourth-order valence-corrected chi connectivity index (χ4v) is 1.42. The fraction of sp³-hybridized carbons (Fsp3) is 1.00. The zero-order valence-electron chi connectivity index (χ0n) is 6.21. The highest BCUT2D eigenvalue weighted by Gasteiger charge is 2.21. The minimum absolute atomic E-state index is 0.121. The molecular formula is C7H16N2O. The Balaban J connectivity index is 2.25. The maximum Gasteiger partial charge on any atom is 0.0593 e. The molecule has 0 saturated carbocycles. The lowest BCUT2D eigenvalue weighted by Gasteiger charge is -2.27. The van der Waals surface area contributed by atoms with Gasteiger partial charge in [-0.3, -0.25) is 0 Å². The van der Waals surface area contributed by atoms with Crippen LogP contribution in [0.25, 0.3) is 0 Å². The second-order valence-corrected chi connectivity index (χ2v) is 2.90. The van der Waals surface area contributed by atoms with E-state index in [1.807, 2.05) is 0 Å². The van der Waals surface area contributed by atoms with Gasteiger partial charge in [0.15, 0.2) is 0 Å². The molecule has 1 fully saturated rings. The van der Waals surface area contributed by atoms with Gasteiger partial charge in [0, 0.05) is 6.54 Å². The van der Waals surface area contributed by atoms with Crippen LogP contribution in [-0.2, 0) is 0 Å². The van der Waals surface area contributed by atoms with Crippen LogP contribution in [0.4, 0.5) is 0 Å². The molecule has 0 aromatic heterocycles. The molecule has 1 aliphatic rings. The molecule has 0 aromatic rings. The van der Waals surface area contributed by atoms with Gasteiger partial charge in [0.1, 0.15) is 0 Å². The summed E-state index contributed by atoms with van der Waals surface area (Å²) in [7, 11) is 0. The van der Waals surface area contributed by atoms with Crippen LogP contribution < -0.4 is 11.1 Å². The largest absolute Gasteiger partial charge is 0.393 e. The lowest BCUT2D eigenvalue weighted by atomic mass is 9.93. The maximum atomic E-state index is 9.40. The van der Waals surface area contributed by atoms with Crippen LogP contribution in [0.3, 0.4) is 0 Å². The first-order chi connectivity index (χ1) is 4.84. The fourth-order valence-electron chi connectivity index (χ4n) is 1.42. The first-order valence-corrected chi connectivity index (χ1v) is 3.93. The highest BCUT2D eigenvalue weighted by Crippen LogP contribution is 2.13. The molecule has 0 aromatic carbocycles. The molecule has 60 valence electrons. The number of nitrogens with one attached hydrogen (secondary N) is 1. The molecule has 1 aliphatic heterocycles. The van der Waals surface area contributed by atoms with E-state index in [9.17, 15) is 5.11 Å². The van der Waals surface area contributed by atoms with Crippen molar-refractivity contribution in [1.82, 2.24) is 5.32 Å². The van der Waals surface area contributed by atoms with E-state index in [1.54, 1.807) is 0 Å². The monoisotopic (exact) mass is 144 g/mol. The van der Waals surface area contributed by atoms with Crippen molar-refractivity contribution in [1.29, 1.82) is 0 Å². The maximum absolute atomic E-state index is 9.40. The van der Waals surface area contributed by atoms with Gasteiger partial charge >= 0.3 is 0 Å². The SMILES string of the molecule is NCCC1CNCCC1O. The van der Waals surface area contributed by atoms with Gasteiger partial charge in [0.2, 0.25) is 0 Å². The summed E-state index contributed by atoms with van der Waals surface area (Å²) in [5, 5.41) is 12.6. The number of aliphatic hydroxyl groups excluding tert-OH is 1. The van der Waals surface area contributed by atoms with Crippen LogP contribution in [0.5, 0.6) is 0 Å². The standard InChI is InChI=1S/C7H16N2O/c8-3-1-6-5-9-4-2-7(6)10/h6-7,9-10H,1-5,8H2. The van der Waals surface area contributed by atoms with Crippen LogP contribution >= 0.6 is 0 Å². The molecule has 1 saturated heterocycles. The minimum Gasteiger partial charge on any atom is -0.393 e. The Morgan fingerprint density at radius 3 is 3.00 bits per heavy atom. The van der Waals surface area contributed by atoms with Crippen molar-refractivity contribution in [3.8, 4) is 0 Å². The second-order valence-electron chi connectivity index (χ2n) is 2.90. The molecule has 3 nitrogen and oxygen atoms in total. The molecule has 1 heterocycles. The van der Waals surface area contributed by atoms with Crippen molar-refractivity contribution in [2.75, 3.05) is 19.6 Å². The van der Waals surface area contributed by atoms with Gasteiger partial charge in [-0.05, 0) is 31.8 Å². The normalized spacial score (nSPS) is 34.2. The Bertz CT molecular complexity index is 95.6. The van der Waals surface area contributed by atoms with Crippen LogP contribution in [0.2, 0.25) is 0 Å². The van der Waals surface area contributed by atoms with Gasteiger partial charge < -0.3 is 16.2 Å². The summed E-state index contributed by atoms with van der Waals surface area (Å²) in [5.41, 5.74) is 5.38. The Hall–Kier alpha value is -0.120. The van der Waals surface area contributed by atoms with Gasteiger partial charge in [-0.2, -0.15) is 0 Å². The number of hydrogen-bond donors (Lipinski definition) is 3. The minimum atomic E-state index is -0.121. The Morgan fingerprint density at radius 2 is 2.40 bits per heavy atom. The van der Waals surface area contributed by atoms with E-state index in [-0.39, 0.29) is 6.10 Å². The number of piperidine rings is 1. The van der Waals surface area contributed by atoms with E-state index in [2.05, 4.69) is 5.32 Å². The molecule has 3 heteroatoms. The molecule has 0 aliphatic carbocycles. The predicted molar refractivity (Wildman–Crippen MR) is 40.7 cm³/mol. The summed E-state index contributed by atoms with van der Waals surface area (Å²) < 4.78 is 0. The van der Waals surface area contributed by atoms with Crippen molar-refractivity contribution in [3.63, 3.8) is 0 Å². The van der Waals surface area contributed by atoms with E-state index >= 15 is 0 Å². The molecule has 1 rings (SSSR count). The van der Waals surface area contributed by atoms with Gasteiger partial charge in [-0.1, -0.05) is 0 Å². The van der Waals surface area contributed by atoms with Gasteiger partial charge in [0.25, 0.3) is 0 Å². The van der Waals surface area contributed by atoms with Gasteiger partial charge in [-0.25, -0.2) is 0 Å². The van der Waals surface area contributed by atoms with Crippen molar-refractivity contribution in [3.05, 3.63) is 0 Å². The van der Waals surface area contributed by atoms with Crippen LogP contribution in [-0.4, -0.2) is 30.8 Å². The van der Waals surface area contributed by atoms with Crippen LogP contribution in [0, 0.1) is 5.92 Å². The number of aliphatic hydroxyl groups is 1. The predicted octanol–water partition coefficient (Wildman–Crippen LogP) is -0.694. The molecule has 0 amide bonds. The summed E-state index contributed by atoms with van der Waals surface area (Å²) >= 11 is 0. The zero-order valence-corrected chi connectivity index (χ0v) is 6.21. The smallest absolute Gasteiger partial charge is 0.0593 e. The number of hydrogen-bond acceptors (Lipinski definition) is 3. The zero-order chi connectivity index (χ0) is 7.40. The number of rotatable bonds is 2. The summed E-state index contributed by atoms with van der Waals surface area (Å²) in [6.45, 7) is 2.56. The van der Waals surface area contributed by atoms with Crippen molar-refractivity contribution in [2.45, 2.75) is 18.9 Å². The molecule has 0 radical (unpaired) electrons. The van der Waals surface area contributed by atoms with E-state index in [0.717, 1.165) is 25.9 Å². The molecular weight excluding hydrogens is 128 g/mol. The lowest BCUT2D eigenvalue weighted by molar-refractivity contribution is 0.0758. The quantitative estimate of drug-likeness (QED) is 0.480. The van der Waals surface area contributed by atoms with E-state index in [1.165, 1.54) is 0 Å². The topological polar surface area (TPSA) is 58.3 Å². The van der Waals surface area contributed by atoms with Crippen LogP contribution in [0.1, 0.15) is 12.8 Å². The third-order valence-corrected chi connectivity index (χ3v) is 2.11. The highest BCUT2D eigenvalue weighted by molar-refractivity contribution is 4.77. The molecule has 10 heavy (non-hydrogen) atoms. The van der Waals surface area contributed by atoms with Crippen molar-refractivity contribution < 1.29 is 5.11 Å². The second kappa shape index (κ2) is 3.91. The molecule has 0 bridgehead atoms. The average molecular weight is 144 g/mol. The third kappa shape index (κ3) is 1.94. The average Bonchev–Trinajstić information content (AvgIpc) is 1.94. The molecule has 4 N–H and O–H groups in total. The summed E-state index contributed by atoms with van der Waals surface area (Å²) in [4.78, 5) is 0. The molecule has 2 atom stereocenters. The summed E-state index contributed by atoms with van der Waals surface area (Å²) in [6, 6.07) is 0. The summed E-state index contributed by atoms with van der Waals surface area (Å²) in [6.07, 6.45) is 1.70. The molecule has 0 spiro atoms. The van der Waals surface area contributed by atoms with E-state index < -0.39 is 0 Å². The van der Waals surface area contributed by atoms with E-state index in [4.69, 9.17) is 5.73 Å². The number of nitrogens with two attached hydrogens (primary N) is 1. The Labute approximate surface area is 61.6 Å². The van der Waals surface area contributed by atoms with Crippen molar-refractivity contribution >= 4 is 0 Å². The van der Waals surface area contributed by atoms with Gasteiger partial charge in [0.05, 0.1) is 6.10 Å². The molecule has 2 unspecified atom stereocenters. The highest BCUT2D eigenvalue weighted by atomic mass is 16.3. The van der Waals surface area contributed by atoms with Gasteiger partial charge in [-0.15, -0.1) is 0 Å². The third-order valence-electron chi connectivity index (χ3n) is 2.11. The van der Waals surface area contributed by atoms with Crippen LogP contribution in [0.15, 0.2) is 0 Å². The Morgan fingerprint density at radius 1 is 1.60 bits per heavy atom. The van der Waals surface area contributed by atoms with E-state index in [0.29, 0.717) is 12.5 Å². The first-order valence-electron chi connectivity index (χ1n) is 3.93. The Kier molecular flexibility index (Phi) is 3.12. The lowest BCUT2D eigenvalue weighted by Crippen LogP contribution is -2.40.